The highest BCUT2D eigenvalue weighted by atomic mass is 16.5. The zero-order chi connectivity index (χ0) is 18.0. The second-order valence-electron chi connectivity index (χ2n) is 7.11. The molecule has 1 aliphatic carbocycles. The summed E-state index contributed by atoms with van der Waals surface area (Å²) in [5.74, 6) is 2.31. The first-order valence-corrected chi connectivity index (χ1v) is 9.02. The average molecular weight is 362 g/mol. The molecule has 27 heavy (non-hydrogen) atoms. The highest BCUT2D eigenvalue weighted by molar-refractivity contribution is 5.84. The first-order valence-electron chi connectivity index (χ1n) is 9.02. The standard InChI is InChI=1S/C19H18N6O2/c1-26-18-17-12(11-2-3-15-20-5-7-24(15)8-11)4-6-25(17)23-19(22-18)21-16-13-9-27-10-14(13)16/h2-8,13-14,16H,9-10H2,1H3,(H,21,23)/t13-,14+,16+. The molecule has 8 heteroatoms. The molecule has 0 bridgehead atoms. The van der Waals surface area contributed by atoms with Gasteiger partial charge in [-0.25, -0.2) is 9.50 Å². The van der Waals surface area contributed by atoms with Crippen molar-refractivity contribution in [3.8, 4) is 17.0 Å². The fourth-order valence-corrected chi connectivity index (χ4v) is 4.11. The molecule has 5 heterocycles. The predicted octanol–water partition coefficient (Wildman–Crippen LogP) is 2.11. The molecule has 8 nitrogen and oxygen atoms in total. The van der Waals surface area contributed by atoms with E-state index in [1.165, 1.54) is 0 Å². The number of methoxy groups -OCH3 is 1. The third kappa shape index (κ3) is 2.23. The van der Waals surface area contributed by atoms with E-state index in [2.05, 4.69) is 32.6 Å². The molecule has 2 fully saturated rings. The van der Waals surface area contributed by atoms with Gasteiger partial charge in [0.2, 0.25) is 11.8 Å². The molecular formula is C19H18N6O2. The number of nitrogens with zero attached hydrogens (tertiary/aromatic N) is 5. The first-order chi connectivity index (χ1) is 13.3. The van der Waals surface area contributed by atoms with E-state index in [4.69, 9.17) is 9.47 Å². The minimum absolute atomic E-state index is 0.402. The number of pyridine rings is 1. The Kier molecular flexibility index (Phi) is 3.01. The van der Waals surface area contributed by atoms with Crippen molar-refractivity contribution in [2.75, 3.05) is 25.6 Å². The van der Waals surface area contributed by atoms with Gasteiger partial charge < -0.3 is 19.2 Å². The van der Waals surface area contributed by atoms with Gasteiger partial charge in [0.15, 0.2) is 0 Å². The molecule has 0 aromatic carbocycles. The number of anilines is 1. The molecule has 136 valence electrons. The Hall–Kier alpha value is -3.13. The lowest BCUT2D eigenvalue weighted by Gasteiger charge is -2.11. The number of hydrogen-bond acceptors (Lipinski definition) is 6. The van der Waals surface area contributed by atoms with Crippen LogP contribution in [-0.4, -0.2) is 50.3 Å². The predicted molar refractivity (Wildman–Crippen MR) is 98.9 cm³/mol. The van der Waals surface area contributed by atoms with Gasteiger partial charge in [0.05, 0.1) is 20.3 Å². The minimum atomic E-state index is 0.402. The van der Waals surface area contributed by atoms with E-state index in [9.17, 15) is 0 Å². The van der Waals surface area contributed by atoms with Gasteiger partial charge >= 0.3 is 0 Å². The molecule has 6 rings (SSSR count). The highest BCUT2D eigenvalue weighted by Gasteiger charge is 2.54. The Morgan fingerprint density at radius 2 is 2.07 bits per heavy atom. The highest BCUT2D eigenvalue weighted by Crippen LogP contribution is 2.45. The molecule has 1 N–H and O–H groups in total. The quantitative estimate of drug-likeness (QED) is 0.599. The van der Waals surface area contributed by atoms with Gasteiger partial charge in [-0.2, -0.15) is 4.98 Å². The van der Waals surface area contributed by atoms with E-state index >= 15 is 0 Å². The van der Waals surface area contributed by atoms with Crippen LogP contribution in [0.25, 0.3) is 22.3 Å². The van der Waals surface area contributed by atoms with Crippen LogP contribution < -0.4 is 10.1 Å². The van der Waals surface area contributed by atoms with Crippen LogP contribution in [0.5, 0.6) is 5.88 Å². The molecule has 1 aliphatic heterocycles. The zero-order valence-electron chi connectivity index (χ0n) is 14.7. The summed E-state index contributed by atoms with van der Waals surface area (Å²) in [6, 6.07) is 6.48. The Morgan fingerprint density at radius 1 is 1.19 bits per heavy atom. The first kappa shape index (κ1) is 15.0. The summed E-state index contributed by atoms with van der Waals surface area (Å²) in [5.41, 5.74) is 3.84. The summed E-state index contributed by atoms with van der Waals surface area (Å²) < 4.78 is 14.9. The van der Waals surface area contributed by atoms with Crippen molar-refractivity contribution in [1.29, 1.82) is 0 Å². The summed E-state index contributed by atoms with van der Waals surface area (Å²) in [6.45, 7) is 1.65. The molecule has 2 aliphatic rings. The van der Waals surface area contributed by atoms with Gasteiger partial charge in [-0.3, -0.25) is 0 Å². The fourth-order valence-electron chi connectivity index (χ4n) is 4.11. The number of imidazole rings is 1. The Labute approximate surface area is 154 Å². The van der Waals surface area contributed by atoms with Crippen molar-refractivity contribution in [3.05, 3.63) is 43.0 Å². The third-order valence-electron chi connectivity index (χ3n) is 5.62. The second-order valence-corrected chi connectivity index (χ2v) is 7.11. The van der Waals surface area contributed by atoms with E-state index in [0.29, 0.717) is 29.7 Å². The molecule has 3 atom stereocenters. The van der Waals surface area contributed by atoms with Crippen molar-refractivity contribution >= 4 is 17.1 Å². The smallest absolute Gasteiger partial charge is 0.244 e. The van der Waals surface area contributed by atoms with Crippen LogP contribution >= 0.6 is 0 Å². The summed E-state index contributed by atoms with van der Waals surface area (Å²) in [6.07, 6.45) is 7.71. The van der Waals surface area contributed by atoms with E-state index in [-0.39, 0.29) is 0 Å². The van der Waals surface area contributed by atoms with Gasteiger partial charge in [0.25, 0.3) is 0 Å². The van der Waals surface area contributed by atoms with Crippen LogP contribution in [0.15, 0.2) is 43.0 Å². The normalized spacial score (nSPS) is 23.7. The third-order valence-corrected chi connectivity index (χ3v) is 5.62. The van der Waals surface area contributed by atoms with Crippen LogP contribution in [0.1, 0.15) is 0 Å². The molecule has 4 aromatic heterocycles. The summed E-state index contributed by atoms with van der Waals surface area (Å²) in [4.78, 5) is 8.91. The number of hydrogen-bond donors (Lipinski definition) is 1. The summed E-state index contributed by atoms with van der Waals surface area (Å²) >= 11 is 0. The largest absolute Gasteiger partial charge is 0.479 e. The van der Waals surface area contributed by atoms with Crippen molar-refractivity contribution in [3.63, 3.8) is 0 Å². The van der Waals surface area contributed by atoms with Crippen LogP contribution in [0, 0.1) is 11.8 Å². The molecular weight excluding hydrogens is 344 g/mol. The number of aromatic nitrogens is 5. The lowest BCUT2D eigenvalue weighted by Crippen LogP contribution is -2.16. The van der Waals surface area contributed by atoms with Crippen LogP contribution in [0.4, 0.5) is 5.95 Å². The van der Waals surface area contributed by atoms with Crippen LogP contribution in [0.3, 0.4) is 0 Å². The summed E-state index contributed by atoms with van der Waals surface area (Å²) in [5, 5.41) is 8.08. The fraction of sp³-hybridized carbons (Fsp3) is 0.316. The number of nitrogens with one attached hydrogen (secondary N) is 1. The molecule has 1 saturated heterocycles. The average Bonchev–Trinajstić information content (AvgIpc) is 3.20. The second kappa shape index (κ2) is 5.43. The topological polar surface area (TPSA) is 78.0 Å². The van der Waals surface area contributed by atoms with Gasteiger partial charge in [0.1, 0.15) is 11.2 Å². The van der Waals surface area contributed by atoms with Crippen molar-refractivity contribution in [1.82, 2.24) is 24.0 Å². The molecule has 0 spiro atoms. The Balaban J connectivity index is 1.41. The van der Waals surface area contributed by atoms with Crippen LogP contribution in [-0.2, 0) is 4.74 Å². The molecule has 0 amide bonds. The van der Waals surface area contributed by atoms with Gasteiger partial charge in [0, 0.05) is 53.8 Å². The molecule has 4 aromatic rings. The molecule has 1 saturated carbocycles. The maximum atomic E-state index is 5.60. The number of ether oxygens (including phenoxy) is 2. The minimum Gasteiger partial charge on any atom is -0.479 e. The van der Waals surface area contributed by atoms with E-state index in [1.807, 2.05) is 33.4 Å². The van der Waals surface area contributed by atoms with E-state index in [1.54, 1.807) is 13.3 Å². The van der Waals surface area contributed by atoms with E-state index in [0.717, 1.165) is 35.5 Å². The maximum absolute atomic E-state index is 5.60. The van der Waals surface area contributed by atoms with Crippen LogP contribution in [0.2, 0.25) is 0 Å². The number of rotatable bonds is 4. The molecule has 0 unspecified atom stereocenters. The van der Waals surface area contributed by atoms with Crippen molar-refractivity contribution < 1.29 is 9.47 Å². The van der Waals surface area contributed by atoms with Gasteiger partial charge in [-0.15, -0.1) is 5.10 Å². The number of fused-ring (bicyclic) bond motifs is 3. The maximum Gasteiger partial charge on any atom is 0.244 e. The zero-order valence-corrected chi connectivity index (χ0v) is 14.7. The Morgan fingerprint density at radius 3 is 2.93 bits per heavy atom. The Bertz CT molecular complexity index is 1160. The van der Waals surface area contributed by atoms with E-state index < -0.39 is 0 Å². The lowest BCUT2D eigenvalue weighted by molar-refractivity contribution is 0.162. The van der Waals surface area contributed by atoms with Gasteiger partial charge in [-0.05, 0) is 18.2 Å². The van der Waals surface area contributed by atoms with Gasteiger partial charge in [-0.1, -0.05) is 0 Å². The summed E-state index contributed by atoms with van der Waals surface area (Å²) in [7, 11) is 1.64. The SMILES string of the molecule is COc1nc(N[C@H]2[C@@H]3COC[C@@H]32)nn2ccc(-c3ccc4nccn4c3)c12. The van der Waals surface area contributed by atoms with Crippen molar-refractivity contribution in [2.24, 2.45) is 11.8 Å². The lowest BCUT2D eigenvalue weighted by atomic mass is 10.1. The molecule has 0 radical (unpaired) electrons. The monoisotopic (exact) mass is 362 g/mol. The van der Waals surface area contributed by atoms with Crippen molar-refractivity contribution in [2.45, 2.75) is 6.04 Å².